The summed E-state index contributed by atoms with van der Waals surface area (Å²) >= 11 is 0. The minimum absolute atomic E-state index is 0.361. The van der Waals surface area contributed by atoms with E-state index < -0.39 is 11.7 Å². The summed E-state index contributed by atoms with van der Waals surface area (Å²) in [6.45, 7) is 0.725. The smallest absolute Gasteiger partial charge is 0.330 e. The molecule has 1 aromatic carbocycles. The second kappa shape index (κ2) is 4.81. The van der Waals surface area contributed by atoms with Crippen LogP contribution < -0.4 is 0 Å². The van der Waals surface area contributed by atoms with Crippen molar-refractivity contribution >= 4 is 11.0 Å². The first-order chi connectivity index (χ1) is 9.54. The first-order valence-corrected chi connectivity index (χ1v) is 6.39. The summed E-state index contributed by atoms with van der Waals surface area (Å²) in [4.78, 5) is 4.08. The van der Waals surface area contributed by atoms with Crippen molar-refractivity contribution in [2.24, 2.45) is 5.92 Å². The number of hydrogen-bond donors (Lipinski definition) is 0. The number of fused-ring (bicyclic) bond motifs is 1. The lowest BCUT2D eigenvalue weighted by Gasteiger charge is -2.14. The quantitative estimate of drug-likeness (QED) is 0.805. The third-order valence-corrected chi connectivity index (χ3v) is 3.45. The number of rotatable bonds is 2. The number of imidazole rings is 1. The van der Waals surface area contributed by atoms with Gasteiger partial charge in [-0.2, -0.15) is 13.2 Å². The van der Waals surface area contributed by atoms with Gasteiger partial charge in [-0.15, -0.1) is 0 Å². The fourth-order valence-corrected chi connectivity index (χ4v) is 2.41. The number of hydrogen-bond acceptors (Lipinski definition) is 1. The van der Waals surface area contributed by atoms with Crippen LogP contribution in [0.5, 0.6) is 0 Å². The average molecular weight is 278 g/mol. The van der Waals surface area contributed by atoms with Crippen LogP contribution in [-0.4, -0.2) is 9.55 Å². The molecular weight excluding hydrogens is 265 g/mol. The highest BCUT2D eigenvalue weighted by atomic mass is 19.4. The first kappa shape index (κ1) is 13.0. The van der Waals surface area contributed by atoms with E-state index in [4.69, 9.17) is 0 Å². The minimum Gasteiger partial charge on any atom is -0.330 e. The Balaban J connectivity index is 1.90. The van der Waals surface area contributed by atoms with Gasteiger partial charge in [0, 0.05) is 6.54 Å². The van der Waals surface area contributed by atoms with Gasteiger partial charge in [-0.3, -0.25) is 0 Å². The van der Waals surface area contributed by atoms with Crippen molar-refractivity contribution in [1.29, 1.82) is 0 Å². The Kier molecular flexibility index (Phi) is 3.12. The third-order valence-electron chi connectivity index (χ3n) is 3.45. The normalized spacial score (nSPS) is 18.9. The van der Waals surface area contributed by atoms with Crippen molar-refractivity contribution in [3.8, 4) is 0 Å². The molecule has 2 nitrogen and oxygen atoms in total. The number of nitrogens with zero attached hydrogens (tertiary/aromatic N) is 2. The summed E-state index contributed by atoms with van der Waals surface area (Å²) in [6, 6.07) is 3.70. The van der Waals surface area contributed by atoms with Crippen LogP contribution in [0.25, 0.3) is 11.0 Å². The minimum atomic E-state index is -4.32. The molecule has 2 aromatic rings. The maximum atomic E-state index is 12.6. The van der Waals surface area contributed by atoms with Crippen LogP contribution in [-0.2, 0) is 12.7 Å². The maximum absolute atomic E-state index is 12.6. The molecule has 104 valence electrons. The van der Waals surface area contributed by atoms with Crippen LogP contribution in [0.2, 0.25) is 0 Å². The highest BCUT2D eigenvalue weighted by molar-refractivity contribution is 5.76. The standard InChI is InChI=1S/C15H13F3N2/c16-15(17,18)12-6-7-14-13(8-12)19-10-20(14)9-11-4-2-1-3-5-11/h1-4,6-8,10-11H,5,9H2. The van der Waals surface area contributed by atoms with Gasteiger partial charge in [-0.25, -0.2) is 4.98 Å². The lowest BCUT2D eigenvalue weighted by Crippen LogP contribution is -2.08. The zero-order chi connectivity index (χ0) is 14.2. The van der Waals surface area contributed by atoms with Gasteiger partial charge in [0.15, 0.2) is 0 Å². The van der Waals surface area contributed by atoms with E-state index in [0.29, 0.717) is 11.4 Å². The molecule has 0 N–H and O–H groups in total. The lowest BCUT2D eigenvalue weighted by molar-refractivity contribution is -0.137. The second-order valence-electron chi connectivity index (χ2n) is 4.91. The average Bonchev–Trinajstić information content (AvgIpc) is 2.81. The fraction of sp³-hybridized carbons (Fsp3) is 0.267. The molecule has 5 heteroatoms. The largest absolute Gasteiger partial charge is 0.416 e. The number of aromatic nitrogens is 2. The zero-order valence-electron chi connectivity index (χ0n) is 10.6. The van der Waals surface area contributed by atoms with Gasteiger partial charge in [0.2, 0.25) is 0 Å². The van der Waals surface area contributed by atoms with Gasteiger partial charge in [-0.05, 0) is 30.5 Å². The number of benzene rings is 1. The third kappa shape index (κ3) is 2.48. The molecule has 3 rings (SSSR count). The van der Waals surface area contributed by atoms with Crippen LogP contribution in [0.15, 0.2) is 48.8 Å². The van der Waals surface area contributed by atoms with E-state index in [1.54, 1.807) is 6.33 Å². The van der Waals surface area contributed by atoms with Crippen molar-refractivity contribution in [1.82, 2.24) is 9.55 Å². The Morgan fingerprint density at radius 2 is 2.10 bits per heavy atom. The van der Waals surface area contributed by atoms with E-state index >= 15 is 0 Å². The van der Waals surface area contributed by atoms with Crippen LogP contribution >= 0.6 is 0 Å². The van der Waals surface area contributed by atoms with Gasteiger partial charge in [0.1, 0.15) is 0 Å². The SMILES string of the molecule is FC(F)(F)c1ccc2c(c1)ncn2CC1C=CC=CC1. The van der Waals surface area contributed by atoms with E-state index in [1.807, 2.05) is 16.7 Å². The summed E-state index contributed by atoms with van der Waals surface area (Å²) in [5.74, 6) is 0.361. The Hall–Kier alpha value is -2.04. The Morgan fingerprint density at radius 1 is 1.25 bits per heavy atom. The van der Waals surface area contributed by atoms with Gasteiger partial charge in [-0.1, -0.05) is 24.3 Å². The molecule has 1 aliphatic carbocycles. The summed E-state index contributed by atoms with van der Waals surface area (Å²) in [5.41, 5.74) is 0.465. The molecule has 0 saturated heterocycles. The molecule has 0 spiro atoms. The van der Waals surface area contributed by atoms with Gasteiger partial charge in [0.05, 0.1) is 22.9 Å². The molecule has 0 bridgehead atoms. The molecule has 0 radical (unpaired) electrons. The number of allylic oxidation sites excluding steroid dienone is 4. The van der Waals surface area contributed by atoms with E-state index in [9.17, 15) is 13.2 Å². The highest BCUT2D eigenvalue weighted by Gasteiger charge is 2.30. The molecule has 20 heavy (non-hydrogen) atoms. The van der Waals surface area contributed by atoms with Gasteiger partial charge >= 0.3 is 6.18 Å². The Morgan fingerprint density at radius 3 is 2.80 bits per heavy atom. The van der Waals surface area contributed by atoms with Gasteiger partial charge < -0.3 is 4.57 Å². The molecule has 1 unspecified atom stereocenters. The van der Waals surface area contributed by atoms with E-state index in [1.165, 1.54) is 6.07 Å². The topological polar surface area (TPSA) is 17.8 Å². The van der Waals surface area contributed by atoms with Crippen LogP contribution in [0.4, 0.5) is 13.2 Å². The zero-order valence-corrected chi connectivity index (χ0v) is 10.6. The highest BCUT2D eigenvalue weighted by Crippen LogP contribution is 2.31. The van der Waals surface area contributed by atoms with Crippen molar-refractivity contribution < 1.29 is 13.2 Å². The predicted molar refractivity (Wildman–Crippen MR) is 71.1 cm³/mol. The predicted octanol–water partition coefficient (Wildman–Crippen LogP) is 4.19. The van der Waals surface area contributed by atoms with Crippen molar-refractivity contribution in [2.75, 3.05) is 0 Å². The molecule has 0 aliphatic heterocycles. The van der Waals surface area contributed by atoms with E-state index in [2.05, 4.69) is 17.1 Å². The molecular formula is C15H13F3N2. The van der Waals surface area contributed by atoms with Crippen LogP contribution in [0.3, 0.4) is 0 Å². The van der Waals surface area contributed by atoms with Gasteiger partial charge in [0.25, 0.3) is 0 Å². The molecule has 1 aromatic heterocycles. The molecule has 1 atom stereocenters. The van der Waals surface area contributed by atoms with Crippen molar-refractivity contribution in [2.45, 2.75) is 19.1 Å². The Bertz CT molecular complexity index is 680. The molecule has 0 fully saturated rings. The molecule has 0 saturated carbocycles. The first-order valence-electron chi connectivity index (χ1n) is 6.39. The van der Waals surface area contributed by atoms with E-state index in [0.717, 1.165) is 30.6 Å². The lowest BCUT2D eigenvalue weighted by atomic mass is 10.0. The van der Waals surface area contributed by atoms with E-state index in [-0.39, 0.29) is 0 Å². The maximum Gasteiger partial charge on any atom is 0.416 e. The summed E-state index contributed by atoms with van der Waals surface area (Å²) < 4.78 is 39.8. The second-order valence-corrected chi connectivity index (χ2v) is 4.91. The van der Waals surface area contributed by atoms with Crippen molar-refractivity contribution in [3.63, 3.8) is 0 Å². The monoisotopic (exact) mass is 278 g/mol. The number of halogens is 3. The molecule has 0 amide bonds. The molecule has 1 aliphatic rings. The van der Waals surface area contributed by atoms with Crippen LogP contribution in [0, 0.1) is 5.92 Å². The summed E-state index contributed by atoms with van der Waals surface area (Å²) in [5, 5.41) is 0. The molecule has 1 heterocycles. The number of alkyl halides is 3. The summed E-state index contributed by atoms with van der Waals surface area (Å²) in [6.07, 6.45) is 6.41. The summed E-state index contributed by atoms with van der Waals surface area (Å²) in [7, 11) is 0. The Labute approximate surface area is 114 Å². The van der Waals surface area contributed by atoms with Crippen molar-refractivity contribution in [3.05, 3.63) is 54.4 Å². The van der Waals surface area contributed by atoms with Crippen LogP contribution in [0.1, 0.15) is 12.0 Å². The fourth-order valence-electron chi connectivity index (χ4n) is 2.41.